The first kappa shape index (κ1) is 25.3. The fourth-order valence-electron chi connectivity index (χ4n) is 1.26. The predicted molar refractivity (Wildman–Crippen MR) is 70.6 cm³/mol. The van der Waals surface area contributed by atoms with E-state index >= 15 is 0 Å². The Hall–Kier alpha value is -0.740. The van der Waals surface area contributed by atoms with Crippen molar-refractivity contribution in [2.24, 2.45) is 0 Å². The van der Waals surface area contributed by atoms with E-state index in [0.29, 0.717) is 0 Å². The first-order chi connectivity index (χ1) is 11.5. The van der Waals surface area contributed by atoms with E-state index in [1.165, 1.54) is 0 Å². The van der Waals surface area contributed by atoms with Crippen molar-refractivity contribution >= 4 is 20.2 Å². The van der Waals surface area contributed by atoms with Crippen LogP contribution in [0.4, 0.5) is 35.1 Å². The summed E-state index contributed by atoms with van der Waals surface area (Å²) in [5.74, 6) is -14.2. The lowest BCUT2D eigenvalue weighted by Crippen LogP contribution is -2.36. The van der Waals surface area contributed by atoms with Gasteiger partial charge >= 0.3 is 24.7 Å². The van der Waals surface area contributed by atoms with Crippen molar-refractivity contribution in [1.82, 2.24) is 0 Å². The molecule has 0 amide bonds. The van der Waals surface area contributed by atoms with Crippen molar-refractivity contribution in [2.45, 2.75) is 37.5 Å². The lowest BCUT2D eigenvalue weighted by Gasteiger charge is -2.15. The quantitative estimate of drug-likeness (QED) is 0.245. The Morgan fingerprint density at radius 2 is 0.923 bits per heavy atom. The van der Waals surface area contributed by atoms with Crippen LogP contribution in [0.25, 0.3) is 0 Å². The fraction of sp³-hybridized carbons (Fsp3) is 1.00. The summed E-state index contributed by atoms with van der Waals surface area (Å²) in [6, 6.07) is 0. The number of hydrogen-bond donors (Lipinski definition) is 0. The third-order valence-corrected chi connectivity index (χ3v) is 4.97. The average Bonchev–Trinajstić information content (AvgIpc) is 2.39. The van der Waals surface area contributed by atoms with Gasteiger partial charge in [-0.3, -0.25) is 8.37 Å². The molecule has 26 heavy (non-hydrogen) atoms. The molecule has 0 atom stereocenters. The number of alkyl halides is 8. The minimum absolute atomic E-state index is 0.347. The second-order valence-electron chi connectivity index (χ2n) is 4.88. The highest BCUT2D eigenvalue weighted by Crippen LogP contribution is 2.26. The number of halogens is 8. The van der Waals surface area contributed by atoms with Crippen molar-refractivity contribution in [3.05, 3.63) is 0 Å². The molecule has 0 aromatic carbocycles. The maximum Gasteiger partial charge on any atom is 0.323 e. The van der Waals surface area contributed by atoms with E-state index in [2.05, 4.69) is 8.37 Å². The zero-order valence-electron chi connectivity index (χ0n) is 12.7. The summed E-state index contributed by atoms with van der Waals surface area (Å²) in [5.41, 5.74) is 0. The molecule has 0 rings (SSSR count). The summed E-state index contributed by atoms with van der Waals surface area (Å²) in [5, 5.41) is 0. The van der Waals surface area contributed by atoms with E-state index in [4.69, 9.17) is 0 Å². The monoisotopic (exact) mass is 446 g/mol. The molecule has 6 nitrogen and oxygen atoms in total. The maximum absolute atomic E-state index is 12.6. The highest BCUT2D eigenvalue weighted by molar-refractivity contribution is 7.87. The lowest BCUT2D eigenvalue weighted by atomic mass is 10.3. The predicted octanol–water partition coefficient (Wildman–Crippen LogP) is 2.26. The molecule has 0 aliphatic heterocycles. The molecule has 0 radical (unpaired) electrons. The molecule has 16 heteroatoms. The van der Waals surface area contributed by atoms with Crippen LogP contribution in [0.2, 0.25) is 0 Å². The average molecular weight is 446 g/mol. The van der Waals surface area contributed by atoms with Gasteiger partial charge in [0.2, 0.25) is 0 Å². The van der Waals surface area contributed by atoms with E-state index in [-0.39, 0.29) is 12.8 Å². The van der Waals surface area contributed by atoms with Crippen LogP contribution in [0, 0.1) is 0 Å². The van der Waals surface area contributed by atoms with E-state index in [1.54, 1.807) is 0 Å². The standard InChI is InChI=1S/C10H14F8O6S2/c11-7(12)9(15,16)5-25(19,20)23-3-1-2-4-24-26(21,22)6-10(17,18)8(13)14/h7-8H,1-6H2. The number of rotatable bonds is 13. The highest BCUT2D eigenvalue weighted by atomic mass is 32.2. The van der Waals surface area contributed by atoms with Crippen molar-refractivity contribution in [3.63, 3.8) is 0 Å². The van der Waals surface area contributed by atoms with Gasteiger partial charge in [0.25, 0.3) is 20.2 Å². The summed E-state index contributed by atoms with van der Waals surface area (Å²) in [6.45, 7) is -1.61. The second kappa shape index (κ2) is 9.45. The van der Waals surface area contributed by atoms with E-state index < -0.39 is 69.7 Å². The van der Waals surface area contributed by atoms with Crippen LogP contribution in [-0.2, 0) is 28.6 Å². The van der Waals surface area contributed by atoms with Gasteiger partial charge in [-0.15, -0.1) is 0 Å². The summed E-state index contributed by atoms with van der Waals surface area (Å²) in [4.78, 5) is 0. The molecule has 0 N–H and O–H groups in total. The van der Waals surface area contributed by atoms with Crippen LogP contribution in [-0.4, -0.2) is 66.3 Å². The van der Waals surface area contributed by atoms with Gasteiger partial charge in [-0.2, -0.15) is 34.4 Å². The molecule has 0 saturated carbocycles. The van der Waals surface area contributed by atoms with Gasteiger partial charge in [0, 0.05) is 0 Å². The van der Waals surface area contributed by atoms with E-state index in [1.807, 2.05) is 0 Å². The van der Waals surface area contributed by atoms with Crippen LogP contribution < -0.4 is 0 Å². The largest absolute Gasteiger partial charge is 0.323 e. The third-order valence-electron chi connectivity index (χ3n) is 2.44. The number of hydrogen-bond acceptors (Lipinski definition) is 6. The van der Waals surface area contributed by atoms with E-state index in [9.17, 15) is 52.0 Å². The first-order valence-corrected chi connectivity index (χ1v) is 9.72. The smallest absolute Gasteiger partial charge is 0.270 e. The molecule has 0 aliphatic rings. The number of unbranched alkanes of at least 4 members (excludes halogenated alkanes) is 1. The zero-order valence-corrected chi connectivity index (χ0v) is 14.3. The molecule has 158 valence electrons. The molecule has 0 saturated heterocycles. The highest BCUT2D eigenvalue weighted by Gasteiger charge is 2.46. The van der Waals surface area contributed by atoms with Gasteiger partial charge < -0.3 is 0 Å². The Morgan fingerprint density at radius 1 is 0.654 bits per heavy atom. The molecule has 0 fully saturated rings. The fourth-order valence-corrected chi connectivity index (χ4v) is 3.36. The molecule has 0 bridgehead atoms. The minimum atomic E-state index is -5.01. The molecule has 0 unspecified atom stereocenters. The Kier molecular flexibility index (Phi) is 9.19. The maximum atomic E-state index is 12.6. The summed E-state index contributed by atoms with van der Waals surface area (Å²) < 4.78 is 150. The Labute approximate surface area is 143 Å². The van der Waals surface area contributed by atoms with Crippen molar-refractivity contribution in [1.29, 1.82) is 0 Å². The van der Waals surface area contributed by atoms with E-state index in [0.717, 1.165) is 0 Å². The molecule has 0 aliphatic carbocycles. The van der Waals surface area contributed by atoms with Gasteiger partial charge in [-0.1, -0.05) is 0 Å². The molecule has 0 spiro atoms. The van der Waals surface area contributed by atoms with Crippen molar-refractivity contribution in [2.75, 3.05) is 24.7 Å². The van der Waals surface area contributed by atoms with Gasteiger partial charge in [0.15, 0.2) is 0 Å². The van der Waals surface area contributed by atoms with Crippen molar-refractivity contribution < 1.29 is 60.3 Å². The Bertz CT molecular complexity index is 578. The summed E-state index contributed by atoms with van der Waals surface area (Å²) >= 11 is 0. The lowest BCUT2D eigenvalue weighted by molar-refractivity contribution is -0.112. The molecular weight excluding hydrogens is 432 g/mol. The first-order valence-electron chi connectivity index (χ1n) is 6.57. The topological polar surface area (TPSA) is 86.7 Å². The van der Waals surface area contributed by atoms with Gasteiger partial charge in [-0.25, -0.2) is 17.6 Å². The van der Waals surface area contributed by atoms with Crippen molar-refractivity contribution in [3.8, 4) is 0 Å². The zero-order chi connectivity index (χ0) is 20.8. The molecule has 0 aromatic rings. The van der Waals surface area contributed by atoms with Crippen LogP contribution in [0.5, 0.6) is 0 Å². The normalized spacial score (nSPS) is 14.4. The van der Waals surface area contributed by atoms with Crippen LogP contribution in [0.1, 0.15) is 12.8 Å². The van der Waals surface area contributed by atoms with Crippen LogP contribution >= 0.6 is 0 Å². The molecular formula is C10H14F8O6S2. The van der Waals surface area contributed by atoms with Crippen LogP contribution in [0.15, 0.2) is 0 Å². The van der Waals surface area contributed by atoms with Gasteiger partial charge in [-0.05, 0) is 12.8 Å². The second-order valence-corrected chi connectivity index (χ2v) is 8.16. The summed E-state index contributed by atoms with van der Waals surface area (Å²) in [7, 11) is -10.0. The Balaban J connectivity index is 4.22. The van der Waals surface area contributed by atoms with Crippen LogP contribution in [0.3, 0.4) is 0 Å². The molecule has 0 heterocycles. The summed E-state index contributed by atoms with van der Waals surface area (Å²) in [6.07, 6.45) is -9.16. The Morgan fingerprint density at radius 3 is 1.15 bits per heavy atom. The van der Waals surface area contributed by atoms with Gasteiger partial charge in [0.05, 0.1) is 13.2 Å². The SMILES string of the molecule is O=S(=O)(CC(F)(F)C(F)F)OCCCCOS(=O)(=O)CC(F)(F)C(F)F. The minimum Gasteiger partial charge on any atom is -0.270 e. The van der Waals surface area contributed by atoms with Gasteiger partial charge in [0.1, 0.15) is 11.5 Å². The third kappa shape index (κ3) is 9.82. The molecule has 0 aromatic heterocycles.